The first-order chi connectivity index (χ1) is 13.1. The summed E-state index contributed by atoms with van der Waals surface area (Å²) in [5, 5.41) is 9.37. The molecule has 0 aliphatic carbocycles. The van der Waals surface area contributed by atoms with Crippen LogP contribution in [0, 0.1) is 0 Å². The van der Waals surface area contributed by atoms with Crippen LogP contribution >= 0.6 is 11.6 Å². The second-order valence-electron chi connectivity index (χ2n) is 6.84. The Morgan fingerprint density at radius 1 is 1.07 bits per heavy atom. The molecular formula is C19H24ClN7. The molecule has 1 fully saturated rings. The van der Waals surface area contributed by atoms with Gasteiger partial charge in [0.25, 0.3) is 0 Å². The van der Waals surface area contributed by atoms with E-state index < -0.39 is 0 Å². The number of aryl methyl sites for hydroxylation is 1. The highest BCUT2D eigenvalue weighted by Crippen LogP contribution is 2.27. The van der Waals surface area contributed by atoms with Gasteiger partial charge in [-0.05, 0) is 37.2 Å². The molecule has 0 atom stereocenters. The number of nitrogens with one attached hydrogen (secondary N) is 1. The molecule has 1 aliphatic rings. The maximum absolute atomic E-state index is 6.00. The Hall–Kier alpha value is -2.38. The summed E-state index contributed by atoms with van der Waals surface area (Å²) in [4.78, 5) is 14.4. The van der Waals surface area contributed by atoms with E-state index in [0.717, 1.165) is 61.2 Å². The Labute approximate surface area is 164 Å². The Balaban J connectivity index is 1.64. The first-order valence-corrected chi connectivity index (χ1v) is 9.71. The predicted octanol–water partition coefficient (Wildman–Crippen LogP) is 3.29. The molecule has 0 amide bonds. The van der Waals surface area contributed by atoms with Crippen molar-refractivity contribution in [3.8, 4) is 0 Å². The smallest absolute Gasteiger partial charge is 0.229 e. The van der Waals surface area contributed by atoms with Crippen molar-refractivity contribution in [2.24, 2.45) is 7.05 Å². The monoisotopic (exact) mass is 385 g/mol. The third-order valence-electron chi connectivity index (χ3n) is 4.88. The van der Waals surface area contributed by atoms with Crippen LogP contribution in [0.1, 0.15) is 13.3 Å². The lowest BCUT2D eigenvalue weighted by atomic mass is 10.3. The number of halogens is 1. The fraction of sp³-hybridized carbons (Fsp3) is 0.421. The first kappa shape index (κ1) is 18.0. The van der Waals surface area contributed by atoms with Gasteiger partial charge in [0.2, 0.25) is 5.95 Å². The number of piperazine rings is 1. The number of aromatic nitrogens is 4. The van der Waals surface area contributed by atoms with Gasteiger partial charge in [0, 0.05) is 43.9 Å². The van der Waals surface area contributed by atoms with Crippen molar-refractivity contribution in [3.05, 3.63) is 35.5 Å². The summed E-state index contributed by atoms with van der Waals surface area (Å²) in [6.45, 7) is 7.33. The number of anilines is 3. The molecule has 142 valence electrons. The Morgan fingerprint density at radius 3 is 2.52 bits per heavy atom. The number of benzene rings is 1. The lowest BCUT2D eigenvalue weighted by Crippen LogP contribution is -2.47. The summed E-state index contributed by atoms with van der Waals surface area (Å²) in [5.41, 5.74) is 1.76. The molecular weight excluding hydrogens is 362 g/mol. The predicted molar refractivity (Wildman–Crippen MR) is 110 cm³/mol. The highest BCUT2D eigenvalue weighted by Gasteiger charge is 2.21. The summed E-state index contributed by atoms with van der Waals surface area (Å²) in [6, 6.07) is 7.60. The second-order valence-corrected chi connectivity index (χ2v) is 7.27. The molecule has 3 aromatic rings. The number of hydrogen-bond donors (Lipinski definition) is 1. The largest absolute Gasteiger partial charge is 0.339 e. The zero-order chi connectivity index (χ0) is 18.8. The van der Waals surface area contributed by atoms with E-state index in [1.54, 1.807) is 10.9 Å². The minimum absolute atomic E-state index is 0.709. The molecule has 1 aromatic carbocycles. The molecule has 1 aliphatic heterocycles. The summed E-state index contributed by atoms with van der Waals surface area (Å²) < 4.78 is 1.79. The van der Waals surface area contributed by atoms with Gasteiger partial charge >= 0.3 is 0 Å². The third-order valence-corrected chi connectivity index (χ3v) is 5.13. The quantitative estimate of drug-likeness (QED) is 0.727. The molecule has 27 heavy (non-hydrogen) atoms. The molecule has 0 radical (unpaired) electrons. The van der Waals surface area contributed by atoms with Crippen LogP contribution < -0.4 is 10.2 Å². The summed E-state index contributed by atoms with van der Waals surface area (Å²) in [6.07, 6.45) is 2.99. The molecule has 7 nitrogen and oxygen atoms in total. The van der Waals surface area contributed by atoms with Crippen LogP contribution in [-0.4, -0.2) is 57.4 Å². The Kier molecular flexibility index (Phi) is 5.13. The van der Waals surface area contributed by atoms with Gasteiger partial charge in [-0.25, -0.2) is 0 Å². The van der Waals surface area contributed by atoms with Crippen LogP contribution in [0.15, 0.2) is 30.5 Å². The lowest BCUT2D eigenvalue weighted by molar-refractivity contribution is 0.257. The maximum atomic E-state index is 6.00. The topological polar surface area (TPSA) is 62.1 Å². The van der Waals surface area contributed by atoms with Gasteiger partial charge < -0.3 is 10.2 Å². The van der Waals surface area contributed by atoms with Crippen LogP contribution in [0.3, 0.4) is 0 Å². The zero-order valence-electron chi connectivity index (χ0n) is 15.7. The van der Waals surface area contributed by atoms with Crippen molar-refractivity contribution in [3.63, 3.8) is 0 Å². The van der Waals surface area contributed by atoms with Crippen molar-refractivity contribution in [1.29, 1.82) is 0 Å². The van der Waals surface area contributed by atoms with E-state index in [4.69, 9.17) is 21.6 Å². The maximum Gasteiger partial charge on any atom is 0.229 e. The van der Waals surface area contributed by atoms with E-state index in [0.29, 0.717) is 5.02 Å². The highest BCUT2D eigenvalue weighted by molar-refractivity contribution is 6.30. The number of fused-ring (bicyclic) bond motifs is 1. The number of rotatable bonds is 5. The van der Waals surface area contributed by atoms with Gasteiger partial charge in [-0.2, -0.15) is 15.1 Å². The first-order valence-electron chi connectivity index (χ1n) is 9.33. The summed E-state index contributed by atoms with van der Waals surface area (Å²) in [5.74, 6) is 1.51. The lowest BCUT2D eigenvalue weighted by Gasteiger charge is -2.34. The van der Waals surface area contributed by atoms with Gasteiger partial charge in [-0.15, -0.1) is 0 Å². The Bertz CT molecular complexity index is 914. The van der Waals surface area contributed by atoms with Crippen LogP contribution in [-0.2, 0) is 7.05 Å². The zero-order valence-corrected chi connectivity index (χ0v) is 16.4. The van der Waals surface area contributed by atoms with Gasteiger partial charge in [0.05, 0.1) is 11.6 Å². The van der Waals surface area contributed by atoms with Gasteiger partial charge in [0.1, 0.15) is 5.82 Å². The van der Waals surface area contributed by atoms with Crippen molar-refractivity contribution in [1.82, 2.24) is 24.6 Å². The molecule has 8 heteroatoms. The fourth-order valence-corrected chi connectivity index (χ4v) is 3.53. The van der Waals surface area contributed by atoms with Gasteiger partial charge in [-0.1, -0.05) is 18.5 Å². The number of nitrogens with zero attached hydrogens (tertiary/aromatic N) is 6. The summed E-state index contributed by atoms with van der Waals surface area (Å²) in [7, 11) is 1.91. The van der Waals surface area contributed by atoms with Crippen LogP contribution in [0.2, 0.25) is 5.02 Å². The van der Waals surface area contributed by atoms with Crippen LogP contribution in [0.5, 0.6) is 0 Å². The second kappa shape index (κ2) is 7.70. The van der Waals surface area contributed by atoms with Gasteiger partial charge in [-0.3, -0.25) is 9.58 Å². The fourth-order valence-electron chi connectivity index (χ4n) is 3.41. The molecule has 0 unspecified atom stereocenters. The molecule has 3 heterocycles. The van der Waals surface area contributed by atoms with E-state index in [-0.39, 0.29) is 0 Å². The third kappa shape index (κ3) is 3.84. The standard InChI is InChI=1S/C19H24ClN7/c1-3-8-26-9-11-27(12-10-26)19-23-17(16-13-21-25(2)18(16)24-19)22-15-6-4-14(20)5-7-15/h4-7,13H,3,8-12H2,1-2H3,(H,22,23,24). The van der Waals surface area contributed by atoms with Crippen molar-refractivity contribution < 1.29 is 0 Å². The van der Waals surface area contributed by atoms with Crippen LogP contribution in [0.4, 0.5) is 17.5 Å². The summed E-state index contributed by atoms with van der Waals surface area (Å²) >= 11 is 6.00. The normalized spacial score (nSPS) is 15.4. The van der Waals surface area contributed by atoms with E-state index in [1.165, 1.54) is 6.42 Å². The van der Waals surface area contributed by atoms with Crippen molar-refractivity contribution in [2.45, 2.75) is 13.3 Å². The SMILES string of the molecule is CCCN1CCN(c2nc(Nc3ccc(Cl)cc3)c3cnn(C)c3n2)CC1. The molecule has 0 saturated carbocycles. The van der Waals surface area contributed by atoms with Crippen molar-refractivity contribution >= 4 is 40.1 Å². The van der Waals surface area contributed by atoms with Gasteiger partial charge in [0.15, 0.2) is 5.65 Å². The Morgan fingerprint density at radius 2 is 1.81 bits per heavy atom. The molecule has 1 N–H and O–H groups in total. The average Bonchev–Trinajstić information content (AvgIpc) is 3.06. The van der Waals surface area contributed by atoms with E-state index >= 15 is 0 Å². The average molecular weight is 386 g/mol. The molecule has 1 saturated heterocycles. The molecule has 2 aromatic heterocycles. The number of hydrogen-bond acceptors (Lipinski definition) is 6. The molecule has 0 spiro atoms. The van der Waals surface area contributed by atoms with E-state index in [2.05, 4.69) is 27.1 Å². The van der Waals surface area contributed by atoms with Crippen molar-refractivity contribution in [2.75, 3.05) is 42.9 Å². The van der Waals surface area contributed by atoms with E-state index in [9.17, 15) is 0 Å². The molecule has 0 bridgehead atoms. The molecule has 4 rings (SSSR count). The highest BCUT2D eigenvalue weighted by atomic mass is 35.5. The van der Waals surface area contributed by atoms with Crippen LogP contribution in [0.25, 0.3) is 11.0 Å². The minimum atomic E-state index is 0.709. The minimum Gasteiger partial charge on any atom is -0.339 e. The van der Waals surface area contributed by atoms with E-state index in [1.807, 2.05) is 31.3 Å².